The molecule has 3 aromatic rings. The summed E-state index contributed by atoms with van der Waals surface area (Å²) in [5, 5.41) is 0. The minimum Gasteiger partial charge on any atom is -0.457 e. The Labute approximate surface area is 142 Å². The van der Waals surface area contributed by atoms with E-state index in [-0.39, 0.29) is 0 Å². The van der Waals surface area contributed by atoms with E-state index < -0.39 is 0 Å². The first kappa shape index (κ1) is 15.0. The van der Waals surface area contributed by atoms with E-state index in [1.165, 1.54) is 29.8 Å². The lowest BCUT2D eigenvalue weighted by Crippen LogP contribution is -2.08. The van der Waals surface area contributed by atoms with Gasteiger partial charge in [0.1, 0.15) is 17.3 Å². The van der Waals surface area contributed by atoms with Crippen molar-refractivity contribution in [3.8, 4) is 22.8 Å². The van der Waals surface area contributed by atoms with Crippen LogP contribution in [0.3, 0.4) is 0 Å². The van der Waals surface area contributed by atoms with Gasteiger partial charge < -0.3 is 9.30 Å². The SMILES string of the molecule is Cc1ccc(Oc2cccc(-c3cn4c(n3)CCCC4)c2)cc1C. The van der Waals surface area contributed by atoms with Gasteiger partial charge in [0.15, 0.2) is 0 Å². The predicted octanol–water partition coefficient (Wildman–Crippen LogP) is 5.30. The van der Waals surface area contributed by atoms with Crippen LogP contribution >= 0.6 is 0 Å². The number of aromatic nitrogens is 2. The van der Waals surface area contributed by atoms with E-state index in [9.17, 15) is 0 Å². The first-order chi connectivity index (χ1) is 11.7. The smallest absolute Gasteiger partial charge is 0.128 e. The summed E-state index contributed by atoms with van der Waals surface area (Å²) in [7, 11) is 0. The van der Waals surface area contributed by atoms with E-state index in [4.69, 9.17) is 9.72 Å². The third-order valence-electron chi connectivity index (χ3n) is 4.75. The zero-order chi connectivity index (χ0) is 16.5. The number of imidazole rings is 1. The van der Waals surface area contributed by atoms with Crippen molar-refractivity contribution in [1.82, 2.24) is 9.55 Å². The summed E-state index contributed by atoms with van der Waals surface area (Å²) < 4.78 is 8.33. The van der Waals surface area contributed by atoms with Gasteiger partial charge in [-0.3, -0.25) is 0 Å². The van der Waals surface area contributed by atoms with Gasteiger partial charge >= 0.3 is 0 Å². The van der Waals surface area contributed by atoms with Crippen molar-refractivity contribution in [3.05, 3.63) is 65.6 Å². The number of fused-ring (bicyclic) bond motifs is 1. The first-order valence-corrected chi connectivity index (χ1v) is 8.61. The zero-order valence-corrected chi connectivity index (χ0v) is 14.2. The average molecular weight is 318 g/mol. The second kappa shape index (κ2) is 6.16. The molecule has 0 bridgehead atoms. The van der Waals surface area contributed by atoms with Crippen LogP contribution < -0.4 is 4.74 Å². The summed E-state index contributed by atoms with van der Waals surface area (Å²) in [6, 6.07) is 14.4. The molecule has 0 spiro atoms. The fourth-order valence-electron chi connectivity index (χ4n) is 3.18. The van der Waals surface area contributed by atoms with E-state index in [0.717, 1.165) is 35.7 Å². The number of hydrogen-bond acceptors (Lipinski definition) is 2. The second-order valence-corrected chi connectivity index (χ2v) is 6.57. The fourth-order valence-corrected chi connectivity index (χ4v) is 3.18. The molecule has 2 heterocycles. The highest BCUT2D eigenvalue weighted by atomic mass is 16.5. The molecule has 1 aliphatic rings. The van der Waals surface area contributed by atoms with Gasteiger partial charge in [-0.15, -0.1) is 0 Å². The van der Waals surface area contributed by atoms with Gasteiger partial charge in [-0.05, 0) is 62.1 Å². The van der Waals surface area contributed by atoms with Crippen LogP contribution in [0.5, 0.6) is 11.5 Å². The molecule has 0 radical (unpaired) electrons. The molecular formula is C21H22N2O. The first-order valence-electron chi connectivity index (χ1n) is 8.61. The van der Waals surface area contributed by atoms with Crippen LogP contribution in [-0.2, 0) is 13.0 Å². The lowest BCUT2D eigenvalue weighted by molar-refractivity contribution is 0.482. The van der Waals surface area contributed by atoms with Gasteiger partial charge in [0.05, 0.1) is 5.69 Å². The van der Waals surface area contributed by atoms with Crippen LogP contribution in [0.4, 0.5) is 0 Å². The Morgan fingerprint density at radius 1 is 0.958 bits per heavy atom. The van der Waals surface area contributed by atoms with E-state index in [2.05, 4.69) is 48.9 Å². The van der Waals surface area contributed by atoms with Gasteiger partial charge in [-0.1, -0.05) is 18.2 Å². The molecule has 0 saturated heterocycles. The molecule has 4 rings (SSSR count). The number of nitrogens with zero attached hydrogens (tertiary/aromatic N) is 2. The molecule has 0 aliphatic carbocycles. The molecule has 0 amide bonds. The molecule has 0 N–H and O–H groups in total. The lowest BCUT2D eigenvalue weighted by Gasteiger charge is -2.11. The fraction of sp³-hybridized carbons (Fsp3) is 0.286. The van der Waals surface area contributed by atoms with Gasteiger partial charge in [0.25, 0.3) is 0 Å². The second-order valence-electron chi connectivity index (χ2n) is 6.57. The number of ether oxygens (including phenoxy) is 1. The summed E-state index contributed by atoms with van der Waals surface area (Å²) in [6.45, 7) is 5.30. The maximum absolute atomic E-state index is 6.04. The average Bonchev–Trinajstić information content (AvgIpc) is 3.03. The van der Waals surface area contributed by atoms with Crippen LogP contribution in [0.2, 0.25) is 0 Å². The summed E-state index contributed by atoms with van der Waals surface area (Å²) in [5.74, 6) is 2.93. The monoisotopic (exact) mass is 318 g/mol. The third kappa shape index (κ3) is 2.94. The molecule has 1 aromatic heterocycles. The van der Waals surface area contributed by atoms with Crippen molar-refractivity contribution in [2.24, 2.45) is 0 Å². The summed E-state index contributed by atoms with van der Waals surface area (Å²) >= 11 is 0. The Hall–Kier alpha value is -2.55. The molecule has 0 fully saturated rings. The number of hydrogen-bond donors (Lipinski definition) is 0. The predicted molar refractivity (Wildman–Crippen MR) is 96.6 cm³/mol. The highest BCUT2D eigenvalue weighted by Crippen LogP contribution is 2.29. The molecule has 1 aliphatic heterocycles. The normalized spacial score (nSPS) is 13.6. The Morgan fingerprint density at radius 2 is 1.83 bits per heavy atom. The topological polar surface area (TPSA) is 27.1 Å². The van der Waals surface area contributed by atoms with Crippen LogP contribution in [0.15, 0.2) is 48.7 Å². The van der Waals surface area contributed by atoms with Crippen molar-refractivity contribution in [1.29, 1.82) is 0 Å². The Bertz CT molecular complexity index is 856. The van der Waals surface area contributed by atoms with Gasteiger partial charge in [0.2, 0.25) is 0 Å². The van der Waals surface area contributed by atoms with Crippen LogP contribution in [0, 0.1) is 13.8 Å². The molecule has 3 nitrogen and oxygen atoms in total. The number of benzene rings is 2. The van der Waals surface area contributed by atoms with Crippen molar-refractivity contribution < 1.29 is 4.74 Å². The minimum atomic E-state index is 0.849. The van der Waals surface area contributed by atoms with E-state index in [0.29, 0.717) is 0 Å². The van der Waals surface area contributed by atoms with Crippen LogP contribution in [0.1, 0.15) is 29.8 Å². The molecule has 3 heteroatoms. The largest absolute Gasteiger partial charge is 0.457 e. The molecule has 0 atom stereocenters. The van der Waals surface area contributed by atoms with E-state index in [1.807, 2.05) is 18.2 Å². The molecule has 0 saturated carbocycles. The Morgan fingerprint density at radius 3 is 2.67 bits per heavy atom. The molecule has 0 unspecified atom stereocenters. The summed E-state index contributed by atoms with van der Waals surface area (Å²) in [6.07, 6.45) is 5.74. The zero-order valence-electron chi connectivity index (χ0n) is 14.2. The van der Waals surface area contributed by atoms with Crippen molar-refractivity contribution in [3.63, 3.8) is 0 Å². The Balaban J connectivity index is 1.61. The summed E-state index contributed by atoms with van der Waals surface area (Å²) in [5.41, 5.74) is 4.67. The van der Waals surface area contributed by atoms with Gasteiger partial charge in [-0.2, -0.15) is 0 Å². The molecule has 24 heavy (non-hydrogen) atoms. The summed E-state index contributed by atoms with van der Waals surface area (Å²) in [4.78, 5) is 4.80. The third-order valence-corrected chi connectivity index (χ3v) is 4.75. The molecule has 122 valence electrons. The van der Waals surface area contributed by atoms with Gasteiger partial charge in [-0.25, -0.2) is 4.98 Å². The van der Waals surface area contributed by atoms with Crippen molar-refractivity contribution in [2.75, 3.05) is 0 Å². The maximum Gasteiger partial charge on any atom is 0.128 e. The quantitative estimate of drug-likeness (QED) is 0.655. The highest BCUT2D eigenvalue weighted by molar-refractivity contribution is 5.61. The van der Waals surface area contributed by atoms with Crippen LogP contribution in [0.25, 0.3) is 11.3 Å². The van der Waals surface area contributed by atoms with E-state index in [1.54, 1.807) is 0 Å². The van der Waals surface area contributed by atoms with Crippen molar-refractivity contribution >= 4 is 0 Å². The minimum absolute atomic E-state index is 0.849. The van der Waals surface area contributed by atoms with Crippen molar-refractivity contribution in [2.45, 2.75) is 39.7 Å². The van der Waals surface area contributed by atoms with Crippen LogP contribution in [-0.4, -0.2) is 9.55 Å². The number of aryl methyl sites for hydroxylation is 4. The Kier molecular flexibility index (Phi) is 3.85. The maximum atomic E-state index is 6.04. The number of rotatable bonds is 3. The molecule has 2 aromatic carbocycles. The highest BCUT2D eigenvalue weighted by Gasteiger charge is 2.13. The standard InChI is InChI=1S/C21H22N2O/c1-15-9-10-19(12-16(15)2)24-18-7-5-6-17(13-18)20-14-23-11-4-3-8-21(23)22-20/h5-7,9-10,12-14H,3-4,8,11H2,1-2H3. The van der Waals surface area contributed by atoms with Gasteiger partial charge in [0, 0.05) is 24.7 Å². The van der Waals surface area contributed by atoms with E-state index >= 15 is 0 Å². The molecular weight excluding hydrogens is 296 g/mol. The lowest BCUT2D eigenvalue weighted by atomic mass is 10.1.